The first-order chi connectivity index (χ1) is 15.2. The highest BCUT2D eigenvalue weighted by Gasteiger charge is 2.18. The summed E-state index contributed by atoms with van der Waals surface area (Å²) in [4.78, 5) is 30.5. The predicted molar refractivity (Wildman–Crippen MR) is 121 cm³/mol. The van der Waals surface area contributed by atoms with E-state index in [1.54, 1.807) is 35.1 Å². The molecule has 5 aromatic rings. The number of rotatable bonds is 5. The van der Waals surface area contributed by atoms with Crippen LogP contribution in [-0.2, 0) is 0 Å². The lowest BCUT2D eigenvalue weighted by Gasteiger charge is -2.08. The molecular formula is C24H16N4O2S. The summed E-state index contributed by atoms with van der Waals surface area (Å²) in [5, 5.41) is 9.16. The number of nitrogens with zero attached hydrogens (tertiary/aromatic N) is 3. The summed E-state index contributed by atoms with van der Waals surface area (Å²) >= 11 is 1.39. The van der Waals surface area contributed by atoms with E-state index in [1.807, 2.05) is 60.0 Å². The fraction of sp³-hybridized carbons (Fsp3) is 0. The van der Waals surface area contributed by atoms with Gasteiger partial charge < -0.3 is 5.32 Å². The highest BCUT2D eigenvalue weighted by Crippen LogP contribution is 2.24. The number of ketones is 1. The Balaban J connectivity index is 1.51. The van der Waals surface area contributed by atoms with Gasteiger partial charge in [0.2, 0.25) is 5.78 Å². The number of anilines is 1. The number of fused-ring (bicyclic) bond motifs is 1. The monoisotopic (exact) mass is 424 g/mol. The van der Waals surface area contributed by atoms with Crippen LogP contribution < -0.4 is 5.32 Å². The Hall–Kier alpha value is -4.10. The average Bonchev–Trinajstić information content (AvgIpc) is 3.50. The van der Waals surface area contributed by atoms with Gasteiger partial charge in [-0.3, -0.25) is 9.59 Å². The van der Waals surface area contributed by atoms with Gasteiger partial charge in [-0.25, -0.2) is 9.50 Å². The van der Waals surface area contributed by atoms with Crippen molar-refractivity contribution in [2.45, 2.75) is 0 Å². The summed E-state index contributed by atoms with van der Waals surface area (Å²) in [5.41, 5.74) is 3.72. The van der Waals surface area contributed by atoms with Crippen LogP contribution in [0.1, 0.15) is 25.6 Å². The highest BCUT2D eigenvalue weighted by atomic mass is 32.1. The third-order valence-electron chi connectivity index (χ3n) is 4.84. The second-order valence-electron chi connectivity index (χ2n) is 6.83. The van der Waals surface area contributed by atoms with E-state index in [1.165, 1.54) is 11.3 Å². The van der Waals surface area contributed by atoms with E-state index in [2.05, 4.69) is 15.4 Å². The second-order valence-corrected chi connectivity index (χ2v) is 7.78. The Morgan fingerprint density at radius 3 is 2.61 bits per heavy atom. The van der Waals surface area contributed by atoms with Crippen LogP contribution in [0.15, 0.2) is 90.6 Å². The summed E-state index contributed by atoms with van der Waals surface area (Å²) in [6.07, 6.45) is 3.19. The quantitative estimate of drug-likeness (QED) is 0.406. The lowest BCUT2D eigenvalue weighted by atomic mass is 10.1. The molecule has 0 radical (unpaired) electrons. The molecule has 0 aliphatic heterocycles. The molecule has 0 fully saturated rings. The summed E-state index contributed by atoms with van der Waals surface area (Å²) in [7, 11) is 0. The van der Waals surface area contributed by atoms with Gasteiger partial charge in [0.15, 0.2) is 5.65 Å². The van der Waals surface area contributed by atoms with Crippen molar-refractivity contribution in [1.29, 1.82) is 0 Å². The number of thiophene rings is 1. The van der Waals surface area contributed by atoms with Crippen molar-refractivity contribution < 1.29 is 9.59 Å². The first-order valence-corrected chi connectivity index (χ1v) is 10.5. The largest absolute Gasteiger partial charge is 0.322 e. The van der Waals surface area contributed by atoms with E-state index >= 15 is 0 Å². The standard InChI is InChI=1S/C24H16N4O2S/c29-22(21-10-5-13-31-21)19-15-26-28-20(11-12-25-23(19)28)16-6-4-7-17(14-16)24(30)27-18-8-2-1-3-9-18/h1-15H,(H,27,30). The van der Waals surface area contributed by atoms with Crippen LogP contribution in [-0.4, -0.2) is 26.3 Å². The van der Waals surface area contributed by atoms with Crippen LogP contribution in [0.5, 0.6) is 0 Å². The van der Waals surface area contributed by atoms with Crippen LogP contribution in [0.2, 0.25) is 0 Å². The number of amides is 1. The second kappa shape index (κ2) is 7.97. The van der Waals surface area contributed by atoms with Crippen molar-refractivity contribution in [3.05, 3.63) is 107 Å². The van der Waals surface area contributed by atoms with E-state index in [-0.39, 0.29) is 11.7 Å². The molecule has 2 aromatic carbocycles. The van der Waals surface area contributed by atoms with Crippen molar-refractivity contribution in [2.75, 3.05) is 5.32 Å². The molecule has 0 aliphatic rings. The zero-order chi connectivity index (χ0) is 21.2. The average molecular weight is 424 g/mol. The molecule has 0 saturated carbocycles. The molecule has 3 aromatic heterocycles. The number of benzene rings is 2. The topological polar surface area (TPSA) is 76.4 Å². The maximum Gasteiger partial charge on any atom is 0.255 e. The van der Waals surface area contributed by atoms with Gasteiger partial charge in [0.25, 0.3) is 5.91 Å². The van der Waals surface area contributed by atoms with Crippen LogP contribution in [0.25, 0.3) is 16.9 Å². The van der Waals surface area contributed by atoms with Crippen LogP contribution in [0.3, 0.4) is 0 Å². The van der Waals surface area contributed by atoms with Gasteiger partial charge in [-0.15, -0.1) is 11.3 Å². The maximum absolute atomic E-state index is 12.8. The van der Waals surface area contributed by atoms with Crippen LogP contribution in [0, 0.1) is 0 Å². The normalized spacial score (nSPS) is 10.8. The third kappa shape index (κ3) is 3.62. The molecule has 1 N–H and O–H groups in total. The number of hydrogen-bond donors (Lipinski definition) is 1. The summed E-state index contributed by atoms with van der Waals surface area (Å²) in [6, 6.07) is 22.0. The summed E-state index contributed by atoms with van der Waals surface area (Å²) < 4.78 is 1.63. The minimum absolute atomic E-state index is 0.106. The number of carbonyl (C=O) groups is 2. The Kier molecular flexibility index (Phi) is 4.86. The molecule has 0 saturated heterocycles. The maximum atomic E-state index is 12.8. The van der Waals surface area contributed by atoms with E-state index < -0.39 is 0 Å². The van der Waals surface area contributed by atoms with Crippen LogP contribution in [0.4, 0.5) is 5.69 Å². The highest BCUT2D eigenvalue weighted by molar-refractivity contribution is 7.12. The minimum Gasteiger partial charge on any atom is -0.322 e. The molecule has 3 heterocycles. The molecular weight excluding hydrogens is 408 g/mol. The number of hydrogen-bond acceptors (Lipinski definition) is 5. The van der Waals surface area contributed by atoms with E-state index in [0.717, 1.165) is 16.9 Å². The Morgan fingerprint density at radius 2 is 1.81 bits per heavy atom. The van der Waals surface area contributed by atoms with Gasteiger partial charge >= 0.3 is 0 Å². The molecule has 31 heavy (non-hydrogen) atoms. The van der Waals surface area contributed by atoms with Crippen molar-refractivity contribution >= 4 is 34.4 Å². The van der Waals surface area contributed by atoms with E-state index in [9.17, 15) is 9.59 Å². The molecule has 0 aliphatic carbocycles. The van der Waals surface area contributed by atoms with Gasteiger partial charge in [-0.05, 0) is 41.8 Å². The third-order valence-corrected chi connectivity index (χ3v) is 5.71. The Morgan fingerprint density at radius 1 is 0.935 bits per heavy atom. The first-order valence-electron chi connectivity index (χ1n) is 9.58. The van der Waals surface area contributed by atoms with Crippen molar-refractivity contribution in [3.8, 4) is 11.3 Å². The number of aromatic nitrogens is 3. The molecule has 5 rings (SSSR count). The lowest BCUT2D eigenvalue weighted by Crippen LogP contribution is -2.11. The molecule has 0 spiro atoms. The lowest BCUT2D eigenvalue weighted by molar-refractivity contribution is 0.102. The van der Waals surface area contributed by atoms with Gasteiger partial charge in [0, 0.05) is 23.0 Å². The summed E-state index contributed by atoms with van der Waals surface area (Å²) in [6.45, 7) is 0. The fourth-order valence-corrected chi connectivity index (χ4v) is 4.03. The van der Waals surface area contributed by atoms with E-state index in [4.69, 9.17) is 0 Å². The summed E-state index contributed by atoms with van der Waals surface area (Å²) in [5.74, 6) is -0.307. The Bertz CT molecular complexity index is 1390. The molecule has 0 bridgehead atoms. The number of para-hydroxylation sites is 1. The SMILES string of the molecule is O=C(Nc1ccccc1)c1cccc(-c2ccnc3c(C(=O)c4cccs4)cnn23)c1. The van der Waals surface area contributed by atoms with Gasteiger partial charge in [0.05, 0.1) is 22.3 Å². The van der Waals surface area contributed by atoms with Gasteiger partial charge in [-0.1, -0.05) is 36.4 Å². The smallest absolute Gasteiger partial charge is 0.255 e. The fourth-order valence-electron chi connectivity index (χ4n) is 3.36. The molecule has 0 unspecified atom stereocenters. The predicted octanol–water partition coefficient (Wildman–Crippen LogP) is 4.94. The van der Waals surface area contributed by atoms with Crippen molar-refractivity contribution in [1.82, 2.24) is 14.6 Å². The first kappa shape index (κ1) is 18.9. The molecule has 7 heteroatoms. The molecule has 6 nitrogen and oxygen atoms in total. The zero-order valence-electron chi connectivity index (χ0n) is 16.2. The molecule has 1 amide bonds. The zero-order valence-corrected chi connectivity index (χ0v) is 17.0. The molecule has 150 valence electrons. The van der Waals surface area contributed by atoms with Crippen molar-refractivity contribution in [2.24, 2.45) is 0 Å². The van der Waals surface area contributed by atoms with Gasteiger partial charge in [0.1, 0.15) is 0 Å². The molecule has 0 atom stereocenters. The van der Waals surface area contributed by atoms with E-state index in [0.29, 0.717) is 21.7 Å². The van der Waals surface area contributed by atoms with Crippen molar-refractivity contribution in [3.63, 3.8) is 0 Å². The van der Waals surface area contributed by atoms with Crippen LogP contribution >= 0.6 is 11.3 Å². The minimum atomic E-state index is -0.202. The number of nitrogens with one attached hydrogen (secondary N) is 1. The Labute approximate surface area is 181 Å². The number of carbonyl (C=O) groups excluding carboxylic acids is 2. The van der Waals surface area contributed by atoms with Gasteiger partial charge in [-0.2, -0.15) is 5.10 Å².